The zero-order chi connectivity index (χ0) is 14.3. The Hall–Kier alpha value is -1.64. The van der Waals surface area contributed by atoms with Crippen molar-refractivity contribution in [2.45, 2.75) is 43.8 Å². The summed E-state index contributed by atoms with van der Waals surface area (Å²) in [5.74, 6) is 0. The SMILES string of the molecule is N[C@@]1(NC2CCc3ccccc32)CCCc2ccccc21. The lowest BCUT2D eigenvalue weighted by atomic mass is 9.82. The van der Waals surface area contributed by atoms with E-state index in [9.17, 15) is 0 Å². The summed E-state index contributed by atoms with van der Waals surface area (Å²) in [7, 11) is 0. The molecule has 2 atom stereocenters. The average Bonchev–Trinajstić information content (AvgIpc) is 2.91. The van der Waals surface area contributed by atoms with E-state index in [1.54, 1.807) is 0 Å². The standard InChI is InChI=1S/C19H22N2/c20-19(13-5-8-15-7-2-4-10-17(15)19)21-18-12-11-14-6-1-3-9-16(14)18/h1-4,6-7,9-10,18,21H,5,8,11-13,20H2/t18?,19-/m1/s1. The zero-order valence-corrected chi connectivity index (χ0v) is 12.3. The van der Waals surface area contributed by atoms with Crippen LogP contribution in [0, 0.1) is 0 Å². The van der Waals surface area contributed by atoms with Crippen LogP contribution in [0.4, 0.5) is 0 Å². The fourth-order valence-electron chi connectivity index (χ4n) is 4.03. The minimum Gasteiger partial charge on any atom is -0.309 e. The molecule has 0 aliphatic heterocycles. The molecule has 0 radical (unpaired) electrons. The second-order valence-electron chi connectivity index (χ2n) is 6.42. The van der Waals surface area contributed by atoms with Crippen molar-refractivity contribution in [3.05, 3.63) is 70.8 Å². The molecule has 0 amide bonds. The second kappa shape index (κ2) is 4.97. The van der Waals surface area contributed by atoms with Crippen LogP contribution >= 0.6 is 0 Å². The lowest BCUT2D eigenvalue weighted by Crippen LogP contribution is -2.53. The Labute approximate surface area is 126 Å². The molecule has 0 bridgehead atoms. The number of hydrogen-bond acceptors (Lipinski definition) is 2. The molecule has 2 aromatic carbocycles. The first-order valence-corrected chi connectivity index (χ1v) is 7.99. The van der Waals surface area contributed by atoms with E-state index in [1.807, 2.05) is 0 Å². The van der Waals surface area contributed by atoms with Crippen LogP contribution < -0.4 is 11.1 Å². The van der Waals surface area contributed by atoms with Crippen molar-refractivity contribution >= 4 is 0 Å². The number of benzene rings is 2. The van der Waals surface area contributed by atoms with E-state index in [0.717, 1.165) is 32.1 Å². The molecular weight excluding hydrogens is 256 g/mol. The highest BCUT2D eigenvalue weighted by molar-refractivity contribution is 5.38. The summed E-state index contributed by atoms with van der Waals surface area (Å²) in [5.41, 5.74) is 12.0. The van der Waals surface area contributed by atoms with Crippen LogP contribution in [0.25, 0.3) is 0 Å². The van der Waals surface area contributed by atoms with Gasteiger partial charge in [-0.2, -0.15) is 0 Å². The minimum atomic E-state index is -0.378. The molecule has 2 aliphatic carbocycles. The number of fused-ring (bicyclic) bond motifs is 2. The van der Waals surface area contributed by atoms with Gasteiger partial charge >= 0.3 is 0 Å². The average molecular weight is 278 g/mol. The molecule has 4 rings (SSSR count). The van der Waals surface area contributed by atoms with Crippen molar-refractivity contribution < 1.29 is 0 Å². The maximum atomic E-state index is 6.80. The maximum absolute atomic E-state index is 6.80. The third-order valence-corrected chi connectivity index (χ3v) is 5.08. The lowest BCUT2D eigenvalue weighted by molar-refractivity contribution is 0.258. The first-order valence-electron chi connectivity index (χ1n) is 7.99. The summed E-state index contributed by atoms with van der Waals surface area (Å²) in [5, 5.41) is 3.78. The predicted octanol–water partition coefficient (Wildman–Crippen LogP) is 3.41. The lowest BCUT2D eigenvalue weighted by Gasteiger charge is -2.39. The van der Waals surface area contributed by atoms with Crippen molar-refractivity contribution in [2.75, 3.05) is 0 Å². The number of hydrogen-bond donors (Lipinski definition) is 2. The predicted molar refractivity (Wildman–Crippen MR) is 85.9 cm³/mol. The number of nitrogens with one attached hydrogen (secondary N) is 1. The number of aryl methyl sites for hydroxylation is 2. The van der Waals surface area contributed by atoms with E-state index < -0.39 is 0 Å². The van der Waals surface area contributed by atoms with E-state index in [1.165, 1.54) is 22.3 Å². The summed E-state index contributed by atoms with van der Waals surface area (Å²) in [6, 6.07) is 17.8. The van der Waals surface area contributed by atoms with E-state index in [2.05, 4.69) is 53.8 Å². The molecule has 0 fully saturated rings. The Bertz CT molecular complexity index is 664. The number of rotatable bonds is 2. The van der Waals surface area contributed by atoms with Crippen molar-refractivity contribution in [1.82, 2.24) is 5.32 Å². The Morgan fingerprint density at radius 1 is 0.952 bits per heavy atom. The first-order chi connectivity index (χ1) is 10.3. The minimum absolute atomic E-state index is 0.378. The molecule has 0 heterocycles. The van der Waals surface area contributed by atoms with Crippen LogP contribution in [0.2, 0.25) is 0 Å². The molecule has 0 saturated heterocycles. The van der Waals surface area contributed by atoms with Crippen LogP contribution in [-0.4, -0.2) is 0 Å². The zero-order valence-electron chi connectivity index (χ0n) is 12.3. The smallest absolute Gasteiger partial charge is 0.0932 e. The molecule has 2 aromatic rings. The molecule has 108 valence electrons. The summed E-state index contributed by atoms with van der Waals surface area (Å²) in [6.45, 7) is 0. The highest BCUT2D eigenvalue weighted by Crippen LogP contribution is 2.37. The number of nitrogens with two attached hydrogens (primary N) is 1. The molecule has 0 saturated carbocycles. The van der Waals surface area contributed by atoms with Gasteiger partial charge in [-0.25, -0.2) is 0 Å². The van der Waals surface area contributed by atoms with Gasteiger partial charge in [-0.3, -0.25) is 5.32 Å². The molecule has 2 heteroatoms. The summed E-state index contributed by atoms with van der Waals surface area (Å²) >= 11 is 0. The van der Waals surface area contributed by atoms with Gasteiger partial charge in [0.1, 0.15) is 0 Å². The van der Waals surface area contributed by atoms with Crippen LogP contribution in [0.15, 0.2) is 48.5 Å². The fourth-order valence-corrected chi connectivity index (χ4v) is 4.03. The third kappa shape index (κ3) is 2.19. The molecule has 2 nitrogen and oxygen atoms in total. The van der Waals surface area contributed by atoms with Gasteiger partial charge in [-0.05, 0) is 54.4 Å². The summed E-state index contributed by atoms with van der Waals surface area (Å²) in [6.07, 6.45) is 5.64. The van der Waals surface area contributed by atoms with Gasteiger partial charge in [0.05, 0.1) is 5.66 Å². The molecule has 0 aromatic heterocycles. The van der Waals surface area contributed by atoms with E-state index in [4.69, 9.17) is 5.73 Å². The third-order valence-electron chi connectivity index (χ3n) is 5.08. The van der Waals surface area contributed by atoms with Crippen molar-refractivity contribution in [3.63, 3.8) is 0 Å². The van der Waals surface area contributed by atoms with E-state index in [-0.39, 0.29) is 5.66 Å². The highest BCUT2D eigenvalue weighted by Gasteiger charge is 2.36. The summed E-state index contributed by atoms with van der Waals surface area (Å²) in [4.78, 5) is 0. The molecular formula is C19H22N2. The van der Waals surface area contributed by atoms with Crippen molar-refractivity contribution in [1.29, 1.82) is 0 Å². The van der Waals surface area contributed by atoms with Crippen molar-refractivity contribution in [3.8, 4) is 0 Å². The van der Waals surface area contributed by atoms with Gasteiger partial charge in [0.25, 0.3) is 0 Å². The Kier molecular flexibility index (Phi) is 3.09. The van der Waals surface area contributed by atoms with Gasteiger partial charge in [0, 0.05) is 6.04 Å². The second-order valence-corrected chi connectivity index (χ2v) is 6.42. The molecule has 0 spiro atoms. The molecule has 21 heavy (non-hydrogen) atoms. The van der Waals surface area contributed by atoms with E-state index in [0.29, 0.717) is 6.04 Å². The highest BCUT2D eigenvalue weighted by atomic mass is 15.1. The Balaban J connectivity index is 1.66. The van der Waals surface area contributed by atoms with Gasteiger partial charge in [0.2, 0.25) is 0 Å². The van der Waals surface area contributed by atoms with Crippen LogP contribution in [0.3, 0.4) is 0 Å². The molecule has 1 unspecified atom stereocenters. The molecule has 3 N–H and O–H groups in total. The van der Waals surface area contributed by atoms with Crippen molar-refractivity contribution in [2.24, 2.45) is 5.73 Å². The Morgan fingerprint density at radius 3 is 2.62 bits per heavy atom. The largest absolute Gasteiger partial charge is 0.309 e. The monoisotopic (exact) mass is 278 g/mol. The fraction of sp³-hybridized carbons (Fsp3) is 0.368. The van der Waals surface area contributed by atoms with Crippen LogP contribution in [0.1, 0.15) is 47.6 Å². The summed E-state index contributed by atoms with van der Waals surface area (Å²) < 4.78 is 0. The van der Waals surface area contributed by atoms with Crippen LogP contribution in [-0.2, 0) is 18.5 Å². The topological polar surface area (TPSA) is 38.0 Å². The quantitative estimate of drug-likeness (QED) is 0.826. The van der Waals surface area contributed by atoms with Crippen LogP contribution in [0.5, 0.6) is 0 Å². The van der Waals surface area contributed by atoms with Gasteiger partial charge in [-0.1, -0.05) is 48.5 Å². The van der Waals surface area contributed by atoms with Gasteiger partial charge in [0.15, 0.2) is 0 Å². The normalized spacial score (nSPS) is 27.2. The first kappa shape index (κ1) is 13.1. The Morgan fingerprint density at radius 2 is 1.71 bits per heavy atom. The maximum Gasteiger partial charge on any atom is 0.0932 e. The van der Waals surface area contributed by atoms with E-state index >= 15 is 0 Å². The van der Waals surface area contributed by atoms with Gasteiger partial charge in [-0.15, -0.1) is 0 Å². The molecule has 2 aliphatic rings. The van der Waals surface area contributed by atoms with Gasteiger partial charge < -0.3 is 5.73 Å².